The molecule has 0 saturated carbocycles. The number of unbranched alkanes of at least 4 members (excludes halogenated alkanes) is 4. The van der Waals surface area contributed by atoms with Crippen LogP contribution < -0.4 is 0 Å². The summed E-state index contributed by atoms with van der Waals surface area (Å²) in [4.78, 5) is 36.7. The average Bonchev–Trinajstić information content (AvgIpc) is 3.80. The number of aliphatic hydroxyl groups is 5. The minimum atomic E-state index is -1.07. The third-order valence-electron chi connectivity index (χ3n) is 9.87. The fraction of sp³-hybridized carbons (Fsp3) is 0.521. The van der Waals surface area contributed by atoms with Crippen molar-refractivity contribution in [2.24, 2.45) is 0 Å². The van der Waals surface area contributed by atoms with Gasteiger partial charge in [0.1, 0.15) is 0 Å². The van der Waals surface area contributed by atoms with Gasteiger partial charge in [-0.25, -0.2) is 0 Å². The highest BCUT2D eigenvalue weighted by molar-refractivity contribution is 7.21. The van der Waals surface area contributed by atoms with Crippen molar-refractivity contribution in [3.63, 3.8) is 0 Å². The van der Waals surface area contributed by atoms with Crippen LogP contribution in [0.1, 0.15) is 150 Å². The third kappa shape index (κ3) is 17.3. The predicted octanol–water partition coefficient (Wildman–Crippen LogP) is 10.6. The van der Waals surface area contributed by atoms with Gasteiger partial charge in [-0.15, -0.1) is 22.7 Å². The minimum Gasteiger partial charge on any atom is -0.469 e. The molecular formula is C48H70O10S2. The zero-order valence-corrected chi connectivity index (χ0v) is 35.9. The quantitative estimate of drug-likeness (QED) is 0.0259. The second kappa shape index (κ2) is 29.5. The predicted molar refractivity (Wildman–Crippen MR) is 249 cm³/mol. The van der Waals surface area contributed by atoms with E-state index in [1.54, 1.807) is 29.6 Å². The van der Waals surface area contributed by atoms with E-state index >= 15 is 0 Å². The first kappa shape index (κ1) is 54.3. The van der Waals surface area contributed by atoms with Crippen LogP contribution in [0.15, 0.2) is 60.7 Å². The first-order valence-corrected chi connectivity index (χ1v) is 22.0. The van der Waals surface area contributed by atoms with Gasteiger partial charge in [0.2, 0.25) is 0 Å². The zero-order chi connectivity index (χ0) is 42.5. The maximum absolute atomic E-state index is 12.7. The molecule has 0 aliphatic heterocycles. The molecule has 0 saturated heterocycles. The Hall–Kier alpha value is -3.75. The van der Waals surface area contributed by atoms with Crippen LogP contribution in [-0.2, 0) is 19.1 Å². The van der Waals surface area contributed by atoms with E-state index in [9.17, 15) is 39.9 Å². The Morgan fingerprint density at radius 2 is 1.07 bits per heavy atom. The number of methoxy groups -OCH3 is 2. The standard InChI is InChI=1S/C23H32O5S.C23H30O5S.2CH4/c2*1-3-4-5-10-20(26)23-17(16-9-6-7-12-21(16)29-23)14-15-19(25)18(24)11-8-13-22(27)28-2;;/h6-7,9,12,14-15,18-20,24-26H,3-5,8,10-11,13H2,1-2H3;6-7,9,12,14-15,18-19,24-25H,3-5,8,10-11,13H2,1-2H3;2*1H4/b2*15-14+;;/t18-,19+,20+;18-,19+;;/m00../s1. The van der Waals surface area contributed by atoms with Gasteiger partial charge >= 0.3 is 11.9 Å². The molecule has 4 rings (SSSR count). The SMILES string of the molecule is C.C.CCCCCC(=O)c1sc2ccccc2c1/C=C/[C@@H](O)[C@@H](O)CCCC(=O)OC.CCCCC[C@@H](O)c1sc2ccccc2c1/C=C/[C@@H](O)[C@@H](O)CCCC(=O)OC. The van der Waals surface area contributed by atoms with E-state index in [0.29, 0.717) is 37.0 Å². The van der Waals surface area contributed by atoms with Crippen molar-refractivity contribution in [1.29, 1.82) is 0 Å². The van der Waals surface area contributed by atoms with Crippen molar-refractivity contribution in [2.45, 2.75) is 149 Å². The van der Waals surface area contributed by atoms with Crippen molar-refractivity contribution in [2.75, 3.05) is 14.2 Å². The molecule has 2 heterocycles. The van der Waals surface area contributed by atoms with Gasteiger partial charge in [0.05, 0.1) is 49.6 Å². The van der Waals surface area contributed by atoms with Gasteiger partial charge in [-0.3, -0.25) is 14.4 Å². The smallest absolute Gasteiger partial charge is 0.305 e. The third-order valence-corrected chi connectivity index (χ3v) is 12.4. The highest BCUT2D eigenvalue weighted by Gasteiger charge is 2.20. The summed E-state index contributed by atoms with van der Waals surface area (Å²) < 4.78 is 11.3. The maximum Gasteiger partial charge on any atom is 0.305 e. The molecule has 0 radical (unpaired) electrons. The minimum absolute atomic E-state index is 0. The molecule has 0 amide bonds. The van der Waals surface area contributed by atoms with Crippen LogP contribution in [0.25, 0.3) is 32.3 Å². The number of Topliss-reactive ketones (excluding diaryl/α,β-unsaturated/α-hetero) is 1. The normalized spacial score (nSPS) is 13.8. The Morgan fingerprint density at radius 3 is 1.58 bits per heavy atom. The summed E-state index contributed by atoms with van der Waals surface area (Å²) in [5, 5.41) is 53.6. The number of esters is 2. The molecule has 10 nitrogen and oxygen atoms in total. The molecule has 4 aromatic rings. The Kier molecular flexibility index (Phi) is 26.7. The first-order valence-electron chi connectivity index (χ1n) is 20.4. The van der Waals surface area contributed by atoms with E-state index in [4.69, 9.17) is 0 Å². The first-order chi connectivity index (χ1) is 27.9. The summed E-state index contributed by atoms with van der Waals surface area (Å²) in [5.74, 6) is -0.542. The molecule has 0 unspecified atom stereocenters. The fourth-order valence-corrected chi connectivity index (χ4v) is 8.78. The number of hydrogen-bond donors (Lipinski definition) is 5. The number of benzene rings is 2. The lowest BCUT2D eigenvalue weighted by Gasteiger charge is -2.14. The van der Waals surface area contributed by atoms with Gasteiger partial charge in [0, 0.05) is 49.9 Å². The van der Waals surface area contributed by atoms with Crippen LogP contribution in [0.3, 0.4) is 0 Å². The summed E-state index contributed by atoms with van der Waals surface area (Å²) in [6.07, 6.45) is 11.3. The maximum atomic E-state index is 12.7. The molecule has 12 heteroatoms. The van der Waals surface area contributed by atoms with Crippen molar-refractivity contribution < 1.29 is 49.4 Å². The van der Waals surface area contributed by atoms with Crippen LogP contribution in [0.2, 0.25) is 0 Å². The second-order valence-corrected chi connectivity index (χ2v) is 16.5. The van der Waals surface area contributed by atoms with Gasteiger partial charge in [0.15, 0.2) is 5.78 Å². The molecule has 334 valence electrons. The Labute approximate surface area is 365 Å². The lowest BCUT2D eigenvalue weighted by Crippen LogP contribution is -2.23. The van der Waals surface area contributed by atoms with Crippen molar-refractivity contribution >= 4 is 72.7 Å². The molecule has 60 heavy (non-hydrogen) atoms. The molecule has 0 aliphatic rings. The van der Waals surface area contributed by atoms with Gasteiger partial charge in [-0.1, -0.05) is 122 Å². The number of carbonyl (C=O) groups excluding carboxylic acids is 3. The van der Waals surface area contributed by atoms with E-state index < -0.39 is 30.5 Å². The van der Waals surface area contributed by atoms with E-state index in [-0.39, 0.29) is 51.8 Å². The topological polar surface area (TPSA) is 171 Å². The van der Waals surface area contributed by atoms with Crippen LogP contribution in [0.5, 0.6) is 0 Å². The molecule has 2 aromatic heterocycles. The monoisotopic (exact) mass is 870 g/mol. The molecule has 5 N–H and O–H groups in total. The average molecular weight is 871 g/mol. The summed E-state index contributed by atoms with van der Waals surface area (Å²) in [6.45, 7) is 4.24. The number of aliphatic hydroxyl groups excluding tert-OH is 5. The van der Waals surface area contributed by atoms with Crippen molar-refractivity contribution in [3.05, 3.63) is 81.6 Å². The Bertz CT molecular complexity index is 1910. The Morgan fingerprint density at radius 1 is 0.600 bits per heavy atom. The van der Waals surface area contributed by atoms with E-state index in [1.165, 1.54) is 31.6 Å². The molecule has 5 atom stereocenters. The highest BCUT2D eigenvalue weighted by Crippen LogP contribution is 2.38. The zero-order valence-electron chi connectivity index (χ0n) is 34.3. The lowest BCUT2D eigenvalue weighted by atomic mass is 10.0. The number of rotatable bonds is 24. The molecule has 2 aromatic carbocycles. The Balaban J connectivity index is 0.000000581. The van der Waals surface area contributed by atoms with Crippen LogP contribution in [0, 0.1) is 0 Å². The van der Waals surface area contributed by atoms with Crippen LogP contribution in [0.4, 0.5) is 0 Å². The number of carbonyl (C=O) groups is 3. The molecule has 0 bridgehead atoms. The van der Waals surface area contributed by atoms with Gasteiger partial charge in [-0.05, 0) is 56.2 Å². The van der Waals surface area contributed by atoms with E-state index in [0.717, 1.165) is 74.7 Å². The summed E-state index contributed by atoms with van der Waals surface area (Å²) in [5.41, 5.74) is 1.70. The summed E-state index contributed by atoms with van der Waals surface area (Å²) in [6, 6.07) is 15.8. The molecule has 0 aliphatic carbocycles. The van der Waals surface area contributed by atoms with E-state index in [2.05, 4.69) is 23.3 Å². The van der Waals surface area contributed by atoms with Gasteiger partial charge in [-0.2, -0.15) is 0 Å². The highest BCUT2D eigenvalue weighted by atomic mass is 32.1. The number of fused-ring (bicyclic) bond motifs is 2. The second-order valence-electron chi connectivity index (χ2n) is 14.4. The lowest BCUT2D eigenvalue weighted by molar-refractivity contribution is -0.141. The fourth-order valence-electron chi connectivity index (χ4n) is 6.41. The largest absolute Gasteiger partial charge is 0.469 e. The van der Waals surface area contributed by atoms with Gasteiger partial charge < -0.3 is 35.0 Å². The van der Waals surface area contributed by atoms with Crippen molar-refractivity contribution in [3.8, 4) is 0 Å². The van der Waals surface area contributed by atoms with Crippen molar-refractivity contribution in [1.82, 2.24) is 0 Å². The molecular weight excluding hydrogens is 801 g/mol. The number of hydrogen-bond acceptors (Lipinski definition) is 12. The summed E-state index contributed by atoms with van der Waals surface area (Å²) in [7, 11) is 2.65. The summed E-state index contributed by atoms with van der Waals surface area (Å²) >= 11 is 3.05. The van der Waals surface area contributed by atoms with Crippen LogP contribution >= 0.6 is 22.7 Å². The van der Waals surface area contributed by atoms with Gasteiger partial charge in [0.25, 0.3) is 0 Å². The molecule has 0 fully saturated rings. The van der Waals surface area contributed by atoms with Crippen LogP contribution in [-0.4, -0.2) is 81.9 Å². The number of ether oxygens (including phenoxy) is 2. The number of ketones is 1. The molecule has 0 spiro atoms. The number of thiophene rings is 2. The van der Waals surface area contributed by atoms with E-state index in [1.807, 2.05) is 48.5 Å².